The van der Waals surface area contributed by atoms with Crippen LogP contribution in [0.1, 0.15) is 23.6 Å². The van der Waals surface area contributed by atoms with Gasteiger partial charge in [-0.05, 0) is 35.3 Å². The molecule has 2 aromatic carbocycles. The minimum Gasteiger partial charge on any atom is -0.397 e. The molecule has 0 saturated carbocycles. The van der Waals surface area contributed by atoms with Crippen LogP contribution >= 0.6 is 0 Å². The van der Waals surface area contributed by atoms with Gasteiger partial charge in [0, 0.05) is 12.7 Å². The molecule has 0 spiro atoms. The number of nitrogen functional groups attached to an aromatic ring is 1. The molecule has 1 aliphatic heterocycles. The summed E-state index contributed by atoms with van der Waals surface area (Å²) in [6.45, 7) is 3.05. The number of fused-ring (bicyclic) bond motifs is 1. The highest BCUT2D eigenvalue weighted by Gasteiger charge is 2.16. The Hall–Kier alpha value is -2.22. The van der Waals surface area contributed by atoms with E-state index >= 15 is 0 Å². The van der Waals surface area contributed by atoms with Crippen LogP contribution in [0.2, 0.25) is 0 Å². The normalized spacial score (nSPS) is 13.4. The van der Waals surface area contributed by atoms with Gasteiger partial charge in [-0.25, -0.2) is 0 Å². The first-order valence-corrected chi connectivity index (χ1v) is 6.69. The molecule has 96 valence electrons. The highest BCUT2D eigenvalue weighted by Crippen LogP contribution is 2.32. The summed E-state index contributed by atoms with van der Waals surface area (Å²) in [5.74, 6) is 0. The summed E-state index contributed by atoms with van der Waals surface area (Å²) in [6, 6.07) is 14.6. The van der Waals surface area contributed by atoms with E-state index in [1.165, 1.54) is 16.7 Å². The maximum Gasteiger partial charge on any atom is 0.0675 e. The average molecular weight is 250 g/mol. The van der Waals surface area contributed by atoms with E-state index in [0.717, 1.165) is 24.3 Å². The van der Waals surface area contributed by atoms with Crippen molar-refractivity contribution in [2.75, 3.05) is 10.6 Å². The van der Waals surface area contributed by atoms with Crippen molar-refractivity contribution < 1.29 is 0 Å². The molecule has 0 aromatic heterocycles. The first-order chi connectivity index (χ1) is 9.29. The molecule has 0 amide bonds. The number of nitrogens with zero attached hydrogens (tertiary/aromatic N) is 1. The highest BCUT2D eigenvalue weighted by atomic mass is 15.1. The third-order valence-corrected chi connectivity index (χ3v) is 3.65. The zero-order valence-electron chi connectivity index (χ0n) is 11.1. The second kappa shape index (κ2) is 4.81. The predicted octanol–water partition coefficient (Wildman–Crippen LogP) is 3.82. The van der Waals surface area contributed by atoms with E-state index in [1.54, 1.807) is 0 Å². The van der Waals surface area contributed by atoms with Crippen LogP contribution in [0, 0.1) is 0 Å². The summed E-state index contributed by atoms with van der Waals surface area (Å²) in [4.78, 5) is 2.25. The van der Waals surface area contributed by atoms with Crippen LogP contribution in [0.4, 0.5) is 11.4 Å². The smallest absolute Gasteiger partial charge is 0.0675 e. The fourth-order valence-electron chi connectivity index (χ4n) is 2.65. The molecule has 0 fully saturated rings. The average Bonchev–Trinajstić information content (AvgIpc) is 2.46. The molecule has 2 N–H and O–H groups in total. The number of rotatable bonds is 2. The van der Waals surface area contributed by atoms with Crippen LogP contribution in [0.3, 0.4) is 0 Å². The van der Waals surface area contributed by atoms with Crippen LogP contribution in [0.5, 0.6) is 0 Å². The Morgan fingerprint density at radius 3 is 2.79 bits per heavy atom. The molecular weight excluding hydrogens is 232 g/mol. The summed E-state index contributed by atoms with van der Waals surface area (Å²) in [5.41, 5.74) is 12.1. The SMILES string of the molecule is CCc1cccc(N)c1N1C=Cc2ccccc2C1. The van der Waals surface area contributed by atoms with Crippen LogP contribution in [0.15, 0.2) is 48.7 Å². The summed E-state index contributed by atoms with van der Waals surface area (Å²) >= 11 is 0. The molecule has 1 aliphatic rings. The van der Waals surface area contributed by atoms with E-state index in [-0.39, 0.29) is 0 Å². The standard InChI is InChI=1S/C17H18N2/c1-2-13-8-5-9-16(18)17(13)19-11-10-14-6-3-4-7-15(14)12-19/h3-11H,2,12,18H2,1H3. The van der Waals surface area contributed by atoms with Gasteiger partial charge in [0.25, 0.3) is 0 Å². The molecule has 0 saturated heterocycles. The van der Waals surface area contributed by atoms with Crippen molar-refractivity contribution in [3.05, 3.63) is 65.4 Å². The summed E-state index contributed by atoms with van der Waals surface area (Å²) in [7, 11) is 0. The van der Waals surface area contributed by atoms with Crippen LogP contribution in [-0.4, -0.2) is 0 Å². The number of benzene rings is 2. The maximum absolute atomic E-state index is 6.17. The van der Waals surface area contributed by atoms with Gasteiger partial charge < -0.3 is 10.6 Å². The minimum absolute atomic E-state index is 0.850. The number of nitrogens with two attached hydrogens (primary N) is 1. The molecule has 0 bridgehead atoms. The van der Waals surface area contributed by atoms with Crippen molar-refractivity contribution in [1.29, 1.82) is 0 Å². The zero-order valence-corrected chi connectivity index (χ0v) is 11.1. The lowest BCUT2D eigenvalue weighted by Crippen LogP contribution is -2.21. The molecule has 0 atom stereocenters. The first kappa shape index (κ1) is 11.8. The van der Waals surface area contributed by atoms with Crippen molar-refractivity contribution in [3.8, 4) is 0 Å². The van der Waals surface area contributed by atoms with Gasteiger partial charge in [-0.2, -0.15) is 0 Å². The summed E-state index contributed by atoms with van der Waals surface area (Å²) in [6.07, 6.45) is 5.28. The molecule has 0 radical (unpaired) electrons. The Bertz CT molecular complexity index is 629. The van der Waals surface area contributed by atoms with Crippen molar-refractivity contribution in [2.24, 2.45) is 0 Å². The topological polar surface area (TPSA) is 29.3 Å². The van der Waals surface area contributed by atoms with Crippen molar-refractivity contribution in [1.82, 2.24) is 0 Å². The second-order valence-corrected chi connectivity index (χ2v) is 4.85. The van der Waals surface area contributed by atoms with Gasteiger partial charge in [0.2, 0.25) is 0 Å². The van der Waals surface area contributed by atoms with Crippen LogP contribution in [0.25, 0.3) is 6.08 Å². The van der Waals surface area contributed by atoms with Gasteiger partial charge in [0.05, 0.1) is 11.4 Å². The second-order valence-electron chi connectivity index (χ2n) is 4.85. The number of hydrogen-bond acceptors (Lipinski definition) is 2. The Morgan fingerprint density at radius 2 is 1.95 bits per heavy atom. The van der Waals surface area contributed by atoms with Gasteiger partial charge in [-0.15, -0.1) is 0 Å². The Kier molecular flexibility index (Phi) is 3.00. The highest BCUT2D eigenvalue weighted by molar-refractivity contribution is 5.76. The Morgan fingerprint density at radius 1 is 1.11 bits per heavy atom. The van der Waals surface area contributed by atoms with Crippen molar-refractivity contribution >= 4 is 17.5 Å². The molecule has 0 unspecified atom stereocenters. The lowest BCUT2D eigenvalue weighted by molar-refractivity contribution is 0.939. The number of anilines is 2. The van der Waals surface area contributed by atoms with Crippen molar-refractivity contribution in [2.45, 2.75) is 19.9 Å². The van der Waals surface area contributed by atoms with E-state index in [2.05, 4.69) is 54.4 Å². The molecule has 2 heteroatoms. The Balaban J connectivity index is 2.03. The zero-order chi connectivity index (χ0) is 13.2. The van der Waals surface area contributed by atoms with E-state index < -0.39 is 0 Å². The van der Waals surface area contributed by atoms with E-state index in [9.17, 15) is 0 Å². The van der Waals surface area contributed by atoms with E-state index in [1.807, 2.05) is 12.1 Å². The largest absolute Gasteiger partial charge is 0.397 e. The van der Waals surface area contributed by atoms with Gasteiger partial charge >= 0.3 is 0 Å². The molecular formula is C17H18N2. The lowest BCUT2D eigenvalue weighted by atomic mass is 10.0. The molecule has 1 heterocycles. The molecule has 2 aromatic rings. The lowest BCUT2D eigenvalue weighted by Gasteiger charge is -2.28. The fraction of sp³-hybridized carbons (Fsp3) is 0.176. The van der Waals surface area contributed by atoms with Gasteiger partial charge in [-0.1, -0.05) is 43.3 Å². The minimum atomic E-state index is 0.850. The number of para-hydroxylation sites is 1. The first-order valence-electron chi connectivity index (χ1n) is 6.69. The summed E-state index contributed by atoms with van der Waals surface area (Å²) in [5, 5.41) is 0. The van der Waals surface area contributed by atoms with Gasteiger partial charge in [0.1, 0.15) is 0 Å². The fourth-order valence-corrected chi connectivity index (χ4v) is 2.65. The van der Waals surface area contributed by atoms with Crippen molar-refractivity contribution in [3.63, 3.8) is 0 Å². The third-order valence-electron chi connectivity index (χ3n) is 3.65. The number of hydrogen-bond donors (Lipinski definition) is 1. The molecule has 3 rings (SSSR count). The van der Waals surface area contributed by atoms with E-state index in [0.29, 0.717) is 0 Å². The molecule has 19 heavy (non-hydrogen) atoms. The molecule has 0 aliphatic carbocycles. The quantitative estimate of drug-likeness (QED) is 0.821. The van der Waals surface area contributed by atoms with Crippen LogP contribution in [-0.2, 0) is 13.0 Å². The molecule has 2 nitrogen and oxygen atoms in total. The monoisotopic (exact) mass is 250 g/mol. The summed E-state index contributed by atoms with van der Waals surface area (Å²) < 4.78 is 0. The predicted molar refractivity (Wildman–Crippen MR) is 81.9 cm³/mol. The van der Waals surface area contributed by atoms with E-state index in [4.69, 9.17) is 5.73 Å². The maximum atomic E-state index is 6.17. The number of aryl methyl sites for hydroxylation is 1. The van der Waals surface area contributed by atoms with Crippen LogP contribution < -0.4 is 10.6 Å². The Labute approximate surface area is 114 Å². The van der Waals surface area contributed by atoms with Gasteiger partial charge in [0.15, 0.2) is 0 Å². The van der Waals surface area contributed by atoms with Gasteiger partial charge in [-0.3, -0.25) is 0 Å². The third kappa shape index (κ3) is 2.10.